The van der Waals surface area contributed by atoms with Gasteiger partial charge < -0.3 is 4.74 Å². The van der Waals surface area contributed by atoms with Crippen LogP contribution in [0.3, 0.4) is 0 Å². The van der Waals surface area contributed by atoms with Crippen molar-refractivity contribution in [1.29, 1.82) is 0 Å². The molecule has 0 radical (unpaired) electrons. The number of esters is 1. The molecule has 0 aromatic heterocycles. The fraction of sp³-hybridized carbons (Fsp3) is 0.500. The molecular formula is C10H16O2. The molecule has 0 saturated carbocycles. The summed E-state index contributed by atoms with van der Waals surface area (Å²) in [6, 6.07) is 0. The molecule has 12 heavy (non-hydrogen) atoms. The average Bonchev–Trinajstić information content (AvgIpc) is 2.02. The highest BCUT2D eigenvalue weighted by atomic mass is 16.5. The molecule has 2 heteroatoms. The molecule has 0 bridgehead atoms. The quantitative estimate of drug-likeness (QED) is 0.367. The monoisotopic (exact) mass is 168 g/mol. The highest BCUT2D eigenvalue weighted by Crippen LogP contribution is 2.10. The van der Waals surface area contributed by atoms with Crippen LogP contribution in [0.5, 0.6) is 0 Å². The Hall–Kier alpha value is -1.05. The first-order valence-electron chi connectivity index (χ1n) is 3.96. The van der Waals surface area contributed by atoms with Crippen LogP contribution < -0.4 is 0 Å². The minimum Gasteiger partial charge on any atom is -0.455 e. The van der Waals surface area contributed by atoms with Gasteiger partial charge in [-0.1, -0.05) is 12.2 Å². The van der Waals surface area contributed by atoms with Gasteiger partial charge in [0.2, 0.25) is 0 Å². The third-order valence-electron chi connectivity index (χ3n) is 1.86. The molecular weight excluding hydrogens is 152 g/mol. The standard InChI is InChI=1S/C10H16O2/c1-6-10(11)12-9(5)8(4)7(2)3/h6,9H,1H2,2-5H3. The lowest BCUT2D eigenvalue weighted by molar-refractivity contribution is -0.140. The van der Waals surface area contributed by atoms with E-state index in [0.29, 0.717) is 0 Å². The number of carbonyl (C=O) groups is 1. The Balaban J connectivity index is 4.23. The van der Waals surface area contributed by atoms with Crippen LogP contribution in [0.4, 0.5) is 0 Å². The Kier molecular flexibility index (Phi) is 4.34. The van der Waals surface area contributed by atoms with Gasteiger partial charge in [-0.25, -0.2) is 4.79 Å². The summed E-state index contributed by atoms with van der Waals surface area (Å²) in [6.07, 6.45) is 1.02. The Morgan fingerprint density at radius 2 is 1.92 bits per heavy atom. The lowest BCUT2D eigenvalue weighted by Crippen LogP contribution is -2.14. The second kappa shape index (κ2) is 4.75. The Morgan fingerprint density at radius 3 is 2.25 bits per heavy atom. The minimum atomic E-state index is -0.372. The third-order valence-corrected chi connectivity index (χ3v) is 1.86. The van der Waals surface area contributed by atoms with E-state index in [9.17, 15) is 4.79 Å². The fourth-order valence-corrected chi connectivity index (χ4v) is 0.717. The summed E-state index contributed by atoms with van der Waals surface area (Å²) in [7, 11) is 0. The minimum absolute atomic E-state index is 0.152. The molecule has 0 amide bonds. The van der Waals surface area contributed by atoms with Gasteiger partial charge in [-0.15, -0.1) is 0 Å². The maximum absolute atomic E-state index is 10.8. The lowest BCUT2D eigenvalue weighted by atomic mass is 10.1. The summed E-state index contributed by atoms with van der Waals surface area (Å²) in [6.45, 7) is 11.1. The van der Waals surface area contributed by atoms with Crippen LogP contribution in [0.15, 0.2) is 23.8 Å². The Labute approximate surface area is 73.9 Å². The number of hydrogen-bond acceptors (Lipinski definition) is 2. The van der Waals surface area contributed by atoms with Crippen LogP contribution in [-0.2, 0) is 9.53 Å². The van der Waals surface area contributed by atoms with Crippen LogP contribution in [0.1, 0.15) is 27.7 Å². The van der Waals surface area contributed by atoms with Crippen LogP contribution in [0.2, 0.25) is 0 Å². The maximum Gasteiger partial charge on any atom is 0.330 e. The zero-order valence-corrected chi connectivity index (χ0v) is 8.18. The molecule has 0 N–H and O–H groups in total. The van der Waals surface area contributed by atoms with Crippen molar-refractivity contribution in [2.24, 2.45) is 0 Å². The molecule has 0 aliphatic rings. The molecule has 68 valence electrons. The summed E-state index contributed by atoms with van der Waals surface area (Å²) in [4.78, 5) is 10.8. The maximum atomic E-state index is 10.8. The van der Waals surface area contributed by atoms with Crippen molar-refractivity contribution in [3.63, 3.8) is 0 Å². The van der Waals surface area contributed by atoms with Crippen molar-refractivity contribution in [2.75, 3.05) is 0 Å². The second-order valence-corrected chi connectivity index (χ2v) is 2.97. The molecule has 0 rings (SSSR count). The molecule has 0 saturated heterocycles. The van der Waals surface area contributed by atoms with Gasteiger partial charge in [0.15, 0.2) is 0 Å². The largest absolute Gasteiger partial charge is 0.455 e. The van der Waals surface area contributed by atoms with Crippen molar-refractivity contribution < 1.29 is 9.53 Å². The van der Waals surface area contributed by atoms with Gasteiger partial charge in [0.1, 0.15) is 6.10 Å². The van der Waals surface area contributed by atoms with Crippen molar-refractivity contribution in [3.05, 3.63) is 23.8 Å². The normalized spacial score (nSPS) is 11.7. The first-order chi connectivity index (χ1) is 5.49. The van der Waals surface area contributed by atoms with Crippen molar-refractivity contribution in [2.45, 2.75) is 33.8 Å². The van der Waals surface area contributed by atoms with Gasteiger partial charge in [-0.05, 0) is 33.3 Å². The van der Waals surface area contributed by atoms with E-state index >= 15 is 0 Å². The Morgan fingerprint density at radius 1 is 1.42 bits per heavy atom. The van der Waals surface area contributed by atoms with Crippen LogP contribution in [0.25, 0.3) is 0 Å². The fourth-order valence-electron chi connectivity index (χ4n) is 0.717. The van der Waals surface area contributed by atoms with E-state index < -0.39 is 0 Å². The summed E-state index contributed by atoms with van der Waals surface area (Å²) >= 11 is 0. The van der Waals surface area contributed by atoms with E-state index in [4.69, 9.17) is 4.74 Å². The number of carbonyl (C=O) groups excluding carboxylic acids is 1. The van der Waals surface area contributed by atoms with Crippen LogP contribution >= 0.6 is 0 Å². The number of hydrogen-bond donors (Lipinski definition) is 0. The van der Waals surface area contributed by atoms with Gasteiger partial charge in [0.05, 0.1) is 0 Å². The van der Waals surface area contributed by atoms with Crippen molar-refractivity contribution in [3.8, 4) is 0 Å². The molecule has 0 aromatic rings. The predicted octanol–water partition coefficient (Wildman–Crippen LogP) is 2.46. The zero-order chi connectivity index (χ0) is 9.72. The van der Waals surface area contributed by atoms with Crippen LogP contribution in [-0.4, -0.2) is 12.1 Å². The molecule has 0 aliphatic heterocycles. The summed E-state index contributed by atoms with van der Waals surface area (Å²) in [5, 5.41) is 0. The van der Waals surface area contributed by atoms with E-state index in [1.807, 2.05) is 27.7 Å². The average molecular weight is 168 g/mol. The highest BCUT2D eigenvalue weighted by molar-refractivity contribution is 5.81. The number of allylic oxidation sites excluding steroid dienone is 1. The molecule has 1 unspecified atom stereocenters. The SMILES string of the molecule is C=CC(=O)OC(C)C(C)=C(C)C. The molecule has 0 spiro atoms. The number of ether oxygens (including phenoxy) is 1. The van der Waals surface area contributed by atoms with E-state index in [0.717, 1.165) is 5.57 Å². The van der Waals surface area contributed by atoms with Gasteiger partial charge in [0.25, 0.3) is 0 Å². The van der Waals surface area contributed by atoms with Gasteiger partial charge in [-0.2, -0.15) is 0 Å². The lowest BCUT2D eigenvalue weighted by Gasteiger charge is -2.13. The summed E-state index contributed by atoms with van der Waals surface area (Å²) in [5.41, 5.74) is 2.27. The zero-order valence-electron chi connectivity index (χ0n) is 8.18. The molecule has 2 nitrogen and oxygen atoms in total. The highest BCUT2D eigenvalue weighted by Gasteiger charge is 2.08. The summed E-state index contributed by atoms with van der Waals surface area (Å²) < 4.78 is 5.01. The molecule has 1 atom stereocenters. The van der Waals surface area contributed by atoms with E-state index in [-0.39, 0.29) is 12.1 Å². The van der Waals surface area contributed by atoms with Crippen molar-refractivity contribution >= 4 is 5.97 Å². The number of rotatable bonds is 3. The van der Waals surface area contributed by atoms with Gasteiger partial charge >= 0.3 is 5.97 Å². The van der Waals surface area contributed by atoms with E-state index in [1.54, 1.807) is 0 Å². The Bertz CT molecular complexity index is 210. The second-order valence-electron chi connectivity index (χ2n) is 2.97. The third kappa shape index (κ3) is 3.37. The first-order valence-corrected chi connectivity index (χ1v) is 3.96. The van der Waals surface area contributed by atoms with Gasteiger partial charge in [0, 0.05) is 6.08 Å². The molecule has 0 fully saturated rings. The van der Waals surface area contributed by atoms with E-state index in [2.05, 4.69) is 6.58 Å². The predicted molar refractivity (Wildman–Crippen MR) is 49.8 cm³/mol. The van der Waals surface area contributed by atoms with Gasteiger partial charge in [-0.3, -0.25) is 0 Å². The van der Waals surface area contributed by atoms with Crippen molar-refractivity contribution in [1.82, 2.24) is 0 Å². The molecule has 0 heterocycles. The smallest absolute Gasteiger partial charge is 0.330 e. The topological polar surface area (TPSA) is 26.3 Å². The van der Waals surface area contributed by atoms with E-state index in [1.165, 1.54) is 11.6 Å². The van der Waals surface area contributed by atoms with Crippen LogP contribution in [0, 0.1) is 0 Å². The first kappa shape index (κ1) is 11.0. The molecule has 0 aliphatic carbocycles. The summed E-state index contributed by atoms with van der Waals surface area (Å²) in [5.74, 6) is -0.372. The molecule has 0 aromatic carbocycles.